The first-order valence-corrected chi connectivity index (χ1v) is 9.54. The van der Waals surface area contributed by atoms with Crippen LogP contribution in [0.3, 0.4) is 0 Å². The molecule has 0 saturated heterocycles. The van der Waals surface area contributed by atoms with E-state index in [1.165, 1.54) is 9.47 Å². The van der Waals surface area contributed by atoms with Gasteiger partial charge in [-0.25, -0.2) is 4.79 Å². The number of nitrogens with zero attached hydrogens (tertiary/aromatic N) is 2. The van der Waals surface area contributed by atoms with Crippen molar-refractivity contribution >= 4 is 17.4 Å². The first-order chi connectivity index (χ1) is 13.0. The number of anilines is 2. The number of carbonyl (C=O) groups excluding carboxylic acids is 1. The summed E-state index contributed by atoms with van der Waals surface area (Å²) in [6, 6.07) is 5.43. The largest absolute Gasteiger partial charge is 0.383 e. The molecule has 0 radical (unpaired) electrons. The smallest absolute Gasteiger partial charge is 0.330 e. The second-order valence-corrected chi connectivity index (χ2v) is 8.11. The SMILES string of the molecule is Cc1ccc(C(=O)N(CC(C)C)c2c(N)n(CC(C)C)c(=O)[nH]c2=O)cc1C. The fraction of sp³-hybridized carbons (Fsp3) is 0.476. The van der Waals surface area contributed by atoms with Crippen molar-refractivity contribution in [3.63, 3.8) is 0 Å². The van der Waals surface area contributed by atoms with Crippen LogP contribution >= 0.6 is 0 Å². The molecular weight excluding hydrogens is 356 g/mol. The van der Waals surface area contributed by atoms with Crippen molar-refractivity contribution in [3.05, 3.63) is 55.7 Å². The molecule has 1 aromatic heterocycles. The first-order valence-electron chi connectivity index (χ1n) is 9.54. The van der Waals surface area contributed by atoms with Crippen LogP contribution in [0.4, 0.5) is 11.5 Å². The molecule has 2 rings (SSSR count). The van der Waals surface area contributed by atoms with Crippen LogP contribution in [0.2, 0.25) is 0 Å². The van der Waals surface area contributed by atoms with Crippen LogP contribution in [0.25, 0.3) is 0 Å². The zero-order valence-electron chi connectivity index (χ0n) is 17.5. The molecule has 0 aliphatic rings. The van der Waals surface area contributed by atoms with Crippen LogP contribution in [-0.4, -0.2) is 22.0 Å². The minimum atomic E-state index is -0.652. The molecule has 0 unspecified atom stereocenters. The molecule has 0 saturated carbocycles. The number of aryl methyl sites for hydroxylation is 2. The molecule has 1 amide bonds. The maximum atomic E-state index is 13.3. The summed E-state index contributed by atoms with van der Waals surface area (Å²) >= 11 is 0. The monoisotopic (exact) mass is 386 g/mol. The summed E-state index contributed by atoms with van der Waals surface area (Å²) in [5, 5.41) is 0. The van der Waals surface area contributed by atoms with E-state index in [0.29, 0.717) is 18.7 Å². The van der Waals surface area contributed by atoms with Crippen LogP contribution in [0.15, 0.2) is 27.8 Å². The predicted molar refractivity (Wildman–Crippen MR) is 113 cm³/mol. The summed E-state index contributed by atoms with van der Waals surface area (Å²) in [4.78, 5) is 41.9. The number of hydrogen-bond donors (Lipinski definition) is 2. The van der Waals surface area contributed by atoms with Gasteiger partial charge in [-0.3, -0.25) is 19.1 Å². The Kier molecular flexibility index (Phi) is 6.48. The van der Waals surface area contributed by atoms with E-state index >= 15 is 0 Å². The number of aromatic amines is 1. The molecule has 0 spiro atoms. The van der Waals surface area contributed by atoms with Gasteiger partial charge in [-0.05, 0) is 48.9 Å². The highest BCUT2D eigenvalue weighted by Crippen LogP contribution is 2.22. The minimum absolute atomic E-state index is 0.0142. The molecule has 0 aliphatic heterocycles. The average Bonchev–Trinajstić information content (AvgIpc) is 2.59. The van der Waals surface area contributed by atoms with Gasteiger partial charge in [0.05, 0.1) is 0 Å². The van der Waals surface area contributed by atoms with Gasteiger partial charge in [0.1, 0.15) is 5.82 Å². The zero-order chi connectivity index (χ0) is 21.2. The number of benzene rings is 1. The van der Waals surface area contributed by atoms with Crippen molar-refractivity contribution in [2.75, 3.05) is 17.2 Å². The number of nitrogen functional groups attached to an aromatic ring is 1. The third-order valence-electron chi connectivity index (χ3n) is 4.58. The van der Waals surface area contributed by atoms with Gasteiger partial charge in [0.15, 0.2) is 5.69 Å². The number of H-pyrrole nitrogens is 1. The Morgan fingerprint density at radius 1 is 1.11 bits per heavy atom. The third kappa shape index (κ3) is 4.52. The highest BCUT2D eigenvalue weighted by atomic mass is 16.2. The van der Waals surface area contributed by atoms with E-state index in [2.05, 4.69) is 4.98 Å². The highest BCUT2D eigenvalue weighted by molar-refractivity contribution is 6.07. The lowest BCUT2D eigenvalue weighted by atomic mass is 10.0. The van der Waals surface area contributed by atoms with Crippen molar-refractivity contribution in [1.82, 2.24) is 9.55 Å². The van der Waals surface area contributed by atoms with Gasteiger partial charge in [0, 0.05) is 18.7 Å². The van der Waals surface area contributed by atoms with E-state index in [-0.39, 0.29) is 29.2 Å². The molecule has 0 aliphatic carbocycles. The number of hydrogen-bond acceptors (Lipinski definition) is 4. The molecule has 1 heterocycles. The first kappa shape index (κ1) is 21.5. The van der Waals surface area contributed by atoms with Gasteiger partial charge in [-0.1, -0.05) is 33.8 Å². The predicted octanol–water partition coefficient (Wildman–Crippen LogP) is 2.69. The van der Waals surface area contributed by atoms with Crippen molar-refractivity contribution < 1.29 is 4.79 Å². The van der Waals surface area contributed by atoms with Gasteiger partial charge in [-0.15, -0.1) is 0 Å². The Labute approximate surface area is 165 Å². The summed E-state index contributed by atoms with van der Waals surface area (Å²) in [5.41, 5.74) is 7.58. The van der Waals surface area contributed by atoms with Crippen molar-refractivity contribution in [2.24, 2.45) is 11.8 Å². The number of nitrogens with two attached hydrogens (primary N) is 1. The number of aromatic nitrogens is 2. The van der Waals surface area contributed by atoms with E-state index in [9.17, 15) is 14.4 Å². The lowest BCUT2D eigenvalue weighted by molar-refractivity contribution is 0.0983. The lowest BCUT2D eigenvalue weighted by Crippen LogP contribution is -2.43. The molecule has 7 heteroatoms. The molecule has 7 nitrogen and oxygen atoms in total. The van der Waals surface area contributed by atoms with Crippen LogP contribution in [-0.2, 0) is 6.54 Å². The Balaban J connectivity index is 2.66. The molecule has 3 N–H and O–H groups in total. The Morgan fingerprint density at radius 2 is 1.75 bits per heavy atom. The van der Waals surface area contributed by atoms with Crippen LogP contribution in [0.1, 0.15) is 49.2 Å². The number of amides is 1. The fourth-order valence-corrected chi connectivity index (χ4v) is 3.06. The molecule has 2 aromatic rings. The maximum absolute atomic E-state index is 13.3. The highest BCUT2D eigenvalue weighted by Gasteiger charge is 2.26. The molecule has 0 bridgehead atoms. The molecule has 28 heavy (non-hydrogen) atoms. The van der Waals surface area contributed by atoms with E-state index in [1.54, 1.807) is 12.1 Å². The van der Waals surface area contributed by atoms with E-state index in [0.717, 1.165) is 11.1 Å². The second-order valence-electron chi connectivity index (χ2n) is 8.11. The van der Waals surface area contributed by atoms with Crippen molar-refractivity contribution in [1.29, 1.82) is 0 Å². The third-order valence-corrected chi connectivity index (χ3v) is 4.58. The Hall–Kier alpha value is -2.83. The summed E-state index contributed by atoms with van der Waals surface area (Å²) in [7, 11) is 0. The number of nitrogens with one attached hydrogen (secondary N) is 1. The maximum Gasteiger partial charge on any atom is 0.330 e. The topological polar surface area (TPSA) is 101 Å². The van der Waals surface area contributed by atoms with Gasteiger partial charge in [0.2, 0.25) is 0 Å². The van der Waals surface area contributed by atoms with E-state index < -0.39 is 11.2 Å². The van der Waals surface area contributed by atoms with E-state index in [1.807, 2.05) is 47.6 Å². The zero-order valence-corrected chi connectivity index (χ0v) is 17.5. The normalized spacial score (nSPS) is 11.3. The standard InChI is InChI=1S/C21H30N4O3/c1-12(2)10-24(20(27)16-8-7-14(5)15(6)9-16)17-18(22)25(11-13(3)4)21(28)23-19(17)26/h7-9,12-13H,10-11,22H2,1-6H3,(H,23,26,28). The molecule has 0 atom stereocenters. The summed E-state index contributed by atoms with van der Waals surface area (Å²) < 4.78 is 1.32. The van der Waals surface area contributed by atoms with Gasteiger partial charge in [-0.2, -0.15) is 0 Å². The van der Waals surface area contributed by atoms with Crippen molar-refractivity contribution in [2.45, 2.75) is 48.1 Å². The second kappa shape index (κ2) is 8.46. The van der Waals surface area contributed by atoms with Gasteiger partial charge in [0.25, 0.3) is 11.5 Å². The number of carbonyl (C=O) groups is 1. The Morgan fingerprint density at radius 3 is 2.29 bits per heavy atom. The summed E-state index contributed by atoms with van der Waals surface area (Å²) in [6.45, 7) is 12.4. The quantitative estimate of drug-likeness (QED) is 0.797. The van der Waals surface area contributed by atoms with Crippen molar-refractivity contribution in [3.8, 4) is 0 Å². The van der Waals surface area contributed by atoms with Gasteiger partial charge < -0.3 is 10.6 Å². The van der Waals surface area contributed by atoms with Crippen LogP contribution < -0.4 is 21.9 Å². The fourth-order valence-electron chi connectivity index (χ4n) is 3.06. The molecule has 0 fully saturated rings. The van der Waals surface area contributed by atoms with Crippen LogP contribution in [0, 0.1) is 25.7 Å². The lowest BCUT2D eigenvalue weighted by Gasteiger charge is -2.26. The Bertz CT molecular complexity index is 986. The average molecular weight is 386 g/mol. The molecule has 152 valence electrons. The molecule has 1 aromatic carbocycles. The van der Waals surface area contributed by atoms with Crippen LogP contribution in [0.5, 0.6) is 0 Å². The number of rotatable bonds is 6. The summed E-state index contributed by atoms with van der Waals surface area (Å²) in [5.74, 6) is -0.0587. The van der Waals surface area contributed by atoms with E-state index in [4.69, 9.17) is 5.73 Å². The minimum Gasteiger partial charge on any atom is -0.383 e. The summed E-state index contributed by atoms with van der Waals surface area (Å²) in [6.07, 6.45) is 0. The van der Waals surface area contributed by atoms with Gasteiger partial charge >= 0.3 is 5.69 Å². The molecular formula is C21H30N4O3.